The maximum Gasteiger partial charge on any atom is 0.231 e. The van der Waals surface area contributed by atoms with Crippen molar-refractivity contribution < 1.29 is 9.90 Å². The van der Waals surface area contributed by atoms with E-state index in [4.69, 9.17) is 0 Å². The quantitative estimate of drug-likeness (QED) is 0.864. The summed E-state index contributed by atoms with van der Waals surface area (Å²) in [4.78, 5) is 13.3. The lowest BCUT2D eigenvalue weighted by molar-refractivity contribution is -0.117. The molecule has 1 saturated carbocycles. The molecule has 90 valence electrons. The van der Waals surface area contributed by atoms with Crippen LogP contribution in [0.25, 0.3) is 0 Å². The lowest BCUT2D eigenvalue weighted by Crippen LogP contribution is -2.20. The van der Waals surface area contributed by atoms with Gasteiger partial charge in [-0.1, -0.05) is 25.0 Å². The monoisotopic (exact) mass is 231 g/mol. The zero-order chi connectivity index (χ0) is 12.0. The zero-order valence-corrected chi connectivity index (χ0v) is 10.0. The molecule has 1 amide bonds. The van der Waals surface area contributed by atoms with Crippen molar-refractivity contribution in [2.75, 3.05) is 11.9 Å². The molecular weight excluding hydrogens is 214 g/mol. The van der Waals surface area contributed by atoms with Crippen LogP contribution in [0.1, 0.15) is 36.5 Å². The molecule has 0 bridgehead atoms. The maximum absolute atomic E-state index is 11.6. The highest BCUT2D eigenvalue weighted by Gasteiger charge is 2.27. The van der Waals surface area contributed by atoms with Gasteiger partial charge in [0.15, 0.2) is 0 Å². The van der Waals surface area contributed by atoms with Crippen LogP contribution < -0.4 is 4.90 Å². The third-order valence-corrected chi connectivity index (χ3v) is 3.82. The largest absolute Gasteiger partial charge is 0.388 e. The Morgan fingerprint density at radius 1 is 1.47 bits per heavy atom. The van der Waals surface area contributed by atoms with Crippen molar-refractivity contribution in [2.24, 2.45) is 5.92 Å². The van der Waals surface area contributed by atoms with E-state index in [0.29, 0.717) is 12.3 Å². The van der Waals surface area contributed by atoms with Gasteiger partial charge in [-0.2, -0.15) is 0 Å². The van der Waals surface area contributed by atoms with Crippen LogP contribution in [0.2, 0.25) is 0 Å². The zero-order valence-electron chi connectivity index (χ0n) is 10.0. The number of aliphatic hydroxyl groups excluding tert-OH is 1. The summed E-state index contributed by atoms with van der Waals surface area (Å²) in [7, 11) is 1.80. The molecule has 17 heavy (non-hydrogen) atoms. The molecule has 1 fully saturated rings. The SMILES string of the molecule is CN1C(=O)Cc2cc(C(O)CC3CC3)ccc21. The number of amides is 1. The average molecular weight is 231 g/mol. The Bertz CT molecular complexity index is 465. The highest BCUT2D eigenvalue weighted by atomic mass is 16.3. The van der Waals surface area contributed by atoms with Crippen LogP contribution in [0.3, 0.4) is 0 Å². The number of rotatable bonds is 3. The van der Waals surface area contributed by atoms with Crippen LogP contribution in [-0.2, 0) is 11.2 Å². The van der Waals surface area contributed by atoms with E-state index >= 15 is 0 Å². The van der Waals surface area contributed by atoms with Crippen LogP contribution in [0.5, 0.6) is 0 Å². The molecular formula is C14H17NO2. The van der Waals surface area contributed by atoms with Gasteiger partial charge < -0.3 is 10.0 Å². The summed E-state index contributed by atoms with van der Waals surface area (Å²) < 4.78 is 0. The lowest BCUT2D eigenvalue weighted by atomic mass is 10.0. The van der Waals surface area contributed by atoms with E-state index in [-0.39, 0.29) is 12.0 Å². The smallest absolute Gasteiger partial charge is 0.231 e. The van der Waals surface area contributed by atoms with Gasteiger partial charge in [-0.3, -0.25) is 4.79 Å². The van der Waals surface area contributed by atoms with E-state index in [0.717, 1.165) is 23.2 Å². The Labute approximate surface area is 101 Å². The maximum atomic E-state index is 11.6. The molecule has 0 aromatic heterocycles. The molecule has 1 aromatic rings. The number of nitrogens with zero attached hydrogens (tertiary/aromatic N) is 1. The van der Waals surface area contributed by atoms with Gasteiger partial charge in [-0.25, -0.2) is 0 Å². The van der Waals surface area contributed by atoms with Gasteiger partial charge in [0.25, 0.3) is 0 Å². The number of aliphatic hydroxyl groups is 1. The molecule has 0 radical (unpaired) electrons. The fourth-order valence-electron chi connectivity index (χ4n) is 2.50. The highest BCUT2D eigenvalue weighted by molar-refractivity contribution is 6.00. The fraction of sp³-hybridized carbons (Fsp3) is 0.500. The van der Waals surface area contributed by atoms with Gasteiger partial charge in [0, 0.05) is 12.7 Å². The molecule has 1 atom stereocenters. The Balaban J connectivity index is 1.83. The van der Waals surface area contributed by atoms with E-state index in [1.165, 1.54) is 12.8 Å². The minimum atomic E-state index is -0.367. The number of fused-ring (bicyclic) bond motifs is 1. The molecule has 3 heteroatoms. The third-order valence-electron chi connectivity index (χ3n) is 3.82. The van der Waals surface area contributed by atoms with E-state index in [2.05, 4.69) is 0 Å². The summed E-state index contributed by atoms with van der Waals surface area (Å²) in [6.45, 7) is 0. The van der Waals surface area contributed by atoms with Crippen molar-refractivity contribution in [1.82, 2.24) is 0 Å². The highest BCUT2D eigenvalue weighted by Crippen LogP contribution is 2.38. The number of hydrogen-bond acceptors (Lipinski definition) is 2. The molecule has 1 aliphatic carbocycles. The number of hydrogen-bond donors (Lipinski definition) is 1. The number of carbonyl (C=O) groups is 1. The number of likely N-dealkylation sites (N-methyl/N-ethyl adjacent to an activating group) is 1. The van der Waals surface area contributed by atoms with Crippen molar-refractivity contribution in [2.45, 2.75) is 31.8 Å². The summed E-state index contributed by atoms with van der Waals surface area (Å²) in [5, 5.41) is 10.1. The second-order valence-electron chi connectivity index (χ2n) is 5.21. The number of benzene rings is 1. The minimum absolute atomic E-state index is 0.133. The van der Waals surface area contributed by atoms with Crippen molar-refractivity contribution in [3.63, 3.8) is 0 Å². The van der Waals surface area contributed by atoms with Crippen molar-refractivity contribution in [3.05, 3.63) is 29.3 Å². The van der Waals surface area contributed by atoms with Crippen molar-refractivity contribution >= 4 is 11.6 Å². The van der Waals surface area contributed by atoms with E-state index in [9.17, 15) is 9.90 Å². The molecule has 0 saturated heterocycles. The summed E-state index contributed by atoms with van der Waals surface area (Å²) in [5.41, 5.74) is 2.99. The van der Waals surface area contributed by atoms with E-state index in [1.807, 2.05) is 18.2 Å². The minimum Gasteiger partial charge on any atom is -0.388 e. The van der Waals surface area contributed by atoms with Gasteiger partial charge in [-0.15, -0.1) is 0 Å². The molecule has 1 N–H and O–H groups in total. The van der Waals surface area contributed by atoms with Crippen LogP contribution in [0.4, 0.5) is 5.69 Å². The molecule has 2 aliphatic rings. The van der Waals surface area contributed by atoms with Crippen LogP contribution in [0, 0.1) is 5.92 Å². The standard InChI is InChI=1S/C14H17NO2/c1-15-12-5-4-10(7-11(12)8-14(15)17)13(16)6-9-2-3-9/h4-5,7,9,13,16H,2-3,6,8H2,1H3. The van der Waals surface area contributed by atoms with Gasteiger partial charge in [0.05, 0.1) is 12.5 Å². The van der Waals surface area contributed by atoms with Gasteiger partial charge in [0.2, 0.25) is 5.91 Å². The topological polar surface area (TPSA) is 40.5 Å². The predicted octanol–water partition coefficient (Wildman–Crippen LogP) is 2.04. The van der Waals surface area contributed by atoms with E-state index in [1.54, 1.807) is 11.9 Å². The van der Waals surface area contributed by atoms with Gasteiger partial charge >= 0.3 is 0 Å². The normalized spacial score (nSPS) is 20.6. The molecule has 3 rings (SSSR count). The Morgan fingerprint density at radius 2 is 2.24 bits per heavy atom. The van der Waals surface area contributed by atoms with Crippen molar-refractivity contribution in [1.29, 1.82) is 0 Å². The molecule has 1 heterocycles. The first kappa shape index (κ1) is 10.8. The molecule has 0 spiro atoms. The van der Waals surface area contributed by atoms with Gasteiger partial charge in [0.1, 0.15) is 0 Å². The predicted molar refractivity (Wildman–Crippen MR) is 65.9 cm³/mol. The summed E-state index contributed by atoms with van der Waals surface area (Å²) >= 11 is 0. The molecule has 1 aliphatic heterocycles. The Kier molecular flexibility index (Phi) is 2.44. The number of anilines is 1. The summed E-state index contributed by atoms with van der Waals surface area (Å²) in [6, 6.07) is 5.89. The first-order chi connectivity index (χ1) is 8.15. The van der Waals surface area contributed by atoms with Crippen LogP contribution in [-0.4, -0.2) is 18.1 Å². The molecule has 3 nitrogen and oxygen atoms in total. The average Bonchev–Trinajstić information content (AvgIpc) is 3.07. The van der Waals surface area contributed by atoms with Gasteiger partial charge in [-0.05, 0) is 29.5 Å². The second-order valence-corrected chi connectivity index (χ2v) is 5.21. The molecule has 1 unspecified atom stereocenters. The first-order valence-corrected chi connectivity index (χ1v) is 6.22. The number of carbonyl (C=O) groups excluding carboxylic acids is 1. The van der Waals surface area contributed by atoms with E-state index < -0.39 is 0 Å². The Morgan fingerprint density at radius 3 is 2.94 bits per heavy atom. The fourth-order valence-corrected chi connectivity index (χ4v) is 2.50. The summed E-state index contributed by atoms with van der Waals surface area (Å²) in [5.74, 6) is 0.844. The molecule has 1 aromatic carbocycles. The first-order valence-electron chi connectivity index (χ1n) is 6.22. The van der Waals surface area contributed by atoms with Crippen molar-refractivity contribution in [3.8, 4) is 0 Å². The second kappa shape index (κ2) is 3.84. The third kappa shape index (κ3) is 1.95. The Hall–Kier alpha value is -1.35. The van der Waals surface area contributed by atoms with Crippen LogP contribution >= 0.6 is 0 Å². The van der Waals surface area contributed by atoms with Crippen LogP contribution in [0.15, 0.2) is 18.2 Å². The summed E-state index contributed by atoms with van der Waals surface area (Å²) in [6.07, 6.45) is 3.47. The lowest BCUT2D eigenvalue weighted by Gasteiger charge is -2.13.